The van der Waals surface area contributed by atoms with E-state index in [0.717, 1.165) is 11.8 Å². The molecule has 120 valence electrons. The number of rotatable bonds is 5. The summed E-state index contributed by atoms with van der Waals surface area (Å²) in [5.41, 5.74) is 12.1. The van der Waals surface area contributed by atoms with E-state index in [1.807, 2.05) is 0 Å². The quantitative estimate of drug-likeness (QED) is 0.421. The summed E-state index contributed by atoms with van der Waals surface area (Å²) in [6.07, 6.45) is 0. The number of hydrogen-bond donors (Lipinski definition) is 3. The number of nitrogens with one attached hydrogen (secondary N) is 1. The summed E-state index contributed by atoms with van der Waals surface area (Å²) >= 11 is 1.12. The minimum Gasteiger partial charge on any atom is -0.465 e. The molecular formula is C14H15N5O3S. The van der Waals surface area contributed by atoms with Crippen molar-refractivity contribution in [2.75, 3.05) is 29.6 Å². The first-order valence-electron chi connectivity index (χ1n) is 6.49. The van der Waals surface area contributed by atoms with Crippen LogP contribution >= 0.6 is 11.8 Å². The van der Waals surface area contributed by atoms with Gasteiger partial charge in [-0.15, -0.1) is 0 Å². The van der Waals surface area contributed by atoms with Gasteiger partial charge in [0.05, 0.1) is 18.4 Å². The van der Waals surface area contributed by atoms with Gasteiger partial charge in [0.1, 0.15) is 11.6 Å². The van der Waals surface area contributed by atoms with Crippen molar-refractivity contribution in [1.29, 1.82) is 0 Å². The molecule has 0 unspecified atom stereocenters. The Balaban J connectivity index is 1.90. The zero-order valence-electron chi connectivity index (χ0n) is 12.3. The molecule has 0 bridgehead atoms. The maximum absolute atomic E-state index is 11.9. The minimum atomic E-state index is -0.435. The Morgan fingerprint density at radius 2 is 1.78 bits per heavy atom. The zero-order chi connectivity index (χ0) is 16.8. The highest BCUT2D eigenvalue weighted by molar-refractivity contribution is 7.99. The molecule has 0 aliphatic heterocycles. The first-order chi connectivity index (χ1) is 11.0. The monoisotopic (exact) mass is 333 g/mol. The third-order valence-corrected chi connectivity index (χ3v) is 3.51. The fourth-order valence-corrected chi connectivity index (χ4v) is 2.33. The van der Waals surface area contributed by atoms with Crippen LogP contribution in [0.4, 0.5) is 17.3 Å². The van der Waals surface area contributed by atoms with Crippen LogP contribution in [0.25, 0.3) is 0 Å². The molecule has 8 nitrogen and oxygen atoms in total. The zero-order valence-corrected chi connectivity index (χ0v) is 13.1. The number of benzene rings is 1. The number of nitrogens with zero attached hydrogens (tertiary/aromatic N) is 2. The molecule has 0 spiro atoms. The number of thioether (sulfide) groups is 1. The molecule has 0 saturated heterocycles. The summed E-state index contributed by atoms with van der Waals surface area (Å²) in [6, 6.07) is 7.80. The lowest BCUT2D eigenvalue weighted by Crippen LogP contribution is -2.14. The Bertz CT molecular complexity index is 701. The molecule has 1 heterocycles. The van der Waals surface area contributed by atoms with Crippen molar-refractivity contribution in [3.8, 4) is 0 Å². The Hall–Kier alpha value is -2.81. The maximum atomic E-state index is 11.9. The van der Waals surface area contributed by atoms with Gasteiger partial charge in [-0.2, -0.15) is 0 Å². The molecular weight excluding hydrogens is 318 g/mol. The molecule has 0 saturated carbocycles. The fraction of sp³-hybridized carbons (Fsp3) is 0.143. The Labute approximate surface area is 136 Å². The van der Waals surface area contributed by atoms with E-state index in [4.69, 9.17) is 11.5 Å². The molecule has 23 heavy (non-hydrogen) atoms. The molecule has 2 aromatic rings. The average molecular weight is 333 g/mol. The number of nitrogen functional groups attached to an aromatic ring is 2. The van der Waals surface area contributed by atoms with Crippen LogP contribution in [0.5, 0.6) is 0 Å². The van der Waals surface area contributed by atoms with Crippen LogP contribution in [-0.2, 0) is 9.53 Å². The van der Waals surface area contributed by atoms with Crippen molar-refractivity contribution in [2.24, 2.45) is 0 Å². The highest BCUT2D eigenvalue weighted by atomic mass is 32.2. The van der Waals surface area contributed by atoms with Gasteiger partial charge < -0.3 is 21.5 Å². The van der Waals surface area contributed by atoms with E-state index in [1.54, 1.807) is 24.3 Å². The lowest BCUT2D eigenvalue weighted by Gasteiger charge is -2.06. The van der Waals surface area contributed by atoms with E-state index in [2.05, 4.69) is 20.0 Å². The molecule has 9 heteroatoms. The van der Waals surface area contributed by atoms with Crippen LogP contribution in [0, 0.1) is 0 Å². The fourth-order valence-electron chi connectivity index (χ4n) is 1.66. The first-order valence-corrected chi connectivity index (χ1v) is 7.47. The van der Waals surface area contributed by atoms with Gasteiger partial charge in [0, 0.05) is 11.8 Å². The second kappa shape index (κ2) is 7.45. The summed E-state index contributed by atoms with van der Waals surface area (Å²) in [5, 5.41) is 3.03. The third kappa shape index (κ3) is 4.85. The standard InChI is InChI=1S/C14H15N5O3S/c1-22-13(21)8-2-4-9(5-3-8)17-12(20)7-23-14-18-10(15)6-11(16)19-14/h2-6H,7H2,1H3,(H,17,20)(H4,15,16,18,19). The van der Waals surface area contributed by atoms with Crippen molar-refractivity contribution in [2.45, 2.75) is 5.16 Å². The van der Waals surface area contributed by atoms with E-state index in [0.29, 0.717) is 16.4 Å². The van der Waals surface area contributed by atoms with Crippen LogP contribution in [0.2, 0.25) is 0 Å². The van der Waals surface area contributed by atoms with Crippen LogP contribution in [-0.4, -0.2) is 34.7 Å². The minimum absolute atomic E-state index is 0.0989. The van der Waals surface area contributed by atoms with Gasteiger partial charge in [0.15, 0.2) is 5.16 Å². The Morgan fingerprint density at radius 3 is 2.35 bits per heavy atom. The number of methoxy groups -OCH3 is 1. The van der Waals surface area contributed by atoms with Crippen molar-refractivity contribution in [1.82, 2.24) is 9.97 Å². The van der Waals surface area contributed by atoms with Gasteiger partial charge in [0.25, 0.3) is 0 Å². The van der Waals surface area contributed by atoms with Gasteiger partial charge in [-0.05, 0) is 24.3 Å². The molecule has 5 N–H and O–H groups in total. The normalized spacial score (nSPS) is 10.1. The predicted molar refractivity (Wildman–Crippen MR) is 88.0 cm³/mol. The average Bonchev–Trinajstić information content (AvgIpc) is 2.52. The van der Waals surface area contributed by atoms with E-state index < -0.39 is 5.97 Å². The molecule has 0 fully saturated rings. The van der Waals surface area contributed by atoms with Crippen LogP contribution < -0.4 is 16.8 Å². The Kier molecular flexibility index (Phi) is 5.36. The first kappa shape index (κ1) is 16.6. The van der Waals surface area contributed by atoms with Gasteiger partial charge in [-0.3, -0.25) is 4.79 Å². The van der Waals surface area contributed by atoms with Gasteiger partial charge in [0.2, 0.25) is 5.91 Å². The lowest BCUT2D eigenvalue weighted by atomic mass is 10.2. The number of ether oxygens (including phenoxy) is 1. The number of aromatic nitrogens is 2. The van der Waals surface area contributed by atoms with E-state index >= 15 is 0 Å². The number of carbonyl (C=O) groups is 2. The maximum Gasteiger partial charge on any atom is 0.337 e. The van der Waals surface area contributed by atoms with Gasteiger partial charge in [-0.1, -0.05) is 11.8 Å². The second-order valence-electron chi connectivity index (χ2n) is 4.41. The smallest absolute Gasteiger partial charge is 0.337 e. The van der Waals surface area contributed by atoms with Crippen LogP contribution in [0.1, 0.15) is 10.4 Å². The molecule has 1 aromatic carbocycles. The topological polar surface area (TPSA) is 133 Å². The molecule has 0 aliphatic rings. The molecule has 2 rings (SSSR count). The van der Waals surface area contributed by atoms with Gasteiger partial charge in [-0.25, -0.2) is 14.8 Å². The van der Waals surface area contributed by atoms with Crippen LogP contribution in [0.15, 0.2) is 35.5 Å². The molecule has 1 aromatic heterocycles. The summed E-state index contributed by atoms with van der Waals surface area (Å²) in [6.45, 7) is 0. The van der Waals surface area contributed by atoms with E-state index in [9.17, 15) is 9.59 Å². The number of nitrogens with two attached hydrogens (primary N) is 2. The number of hydrogen-bond acceptors (Lipinski definition) is 8. The third-order valence-electron chi connectivity index (χ3n) is 2.67. The summed E-state index contributed by atoms with van der Waals surface area (Å²) in [5.74, 6) is -0.0837. The number of amides is 1. The molecule has 0 atom stereocenters. The number of carbonyl (C=O) groups excluding carboxylic acids is 2. The molecule has 1 amide bonds. The molecule has 0 radical (unpaired) electrons. The highest BCUT2D eigenvalue weighted by Crippen LogP contribution is 2.17. The van der Waals surface area contributed by atoms with Gasteiger partial charge >= 0.3 is 5.97 Å². The lowest BCUT2D eigenvalue weighted by molar-refractivity contribution is -0.113. The highest BCUT2D eigenvalue weighted by Gasteiger charge is 2.08. The summed E-state index contributed by atoms with van der Waals surface area (Å²) in [4.78, 5) is 31.1. The number of anilines is 3. The van der Waals surface area contributed by atoms with E-state index in [1.165, 1.54) is 13.2 Å². The predicted octanol–water partition coefficient (Wildman–Crippen LogP) is 1.16. The largest absolute Gasteiger partial charge is 0.465 e. The number of esters is 1. The van der Waals surface area contributed by atoms with Crippen molar-refractivity contribution in [3.05, 3.63) is 35.9 Å². The summed E-state index contributed by atoms with van der Waals surface area (Å²) in [7, 11) is 1.31. The van der Waals surface area contributed by atoms with Crippen molar-refractivity contribution >= 4 is 41.0 Å². The Morgan fingerprint density at radius 1 is 1.17 bits per heavy atom. The van der Waals surface area contributed by atoms with Crippen molar-refractivity contribution in [3.63, 3.8) is 0 Å². The second-order valence-corrected chi connectivity index (χ2v) is 5.35. The SMILES string of the molecule is COC(=O)c1ccc(NC(=O)CSc2nc(N)cc(N)n2)cc1. The van der Waals surface area contributed by atoms with Crippen molar-refractivity contribution < 1.29 is 14.3 Å². The summed E-state index contributed by atoms with van der Waals surface area (Å²) < 4.78 is 4.60. The molecule has 0 aliphatic carbocycles. The van der Waals surface area contributed by atoms with E-state index in [-0.39, 0.29) is 23.3 Å². The van der Waals surface area contributed by atoms with Crippen LogP contribution in [0.3, 0.4) is 0 Å².